The van der Waals surface area contributed by atoms with Crippen LogP contribution < -0.4 is 0 Å². The van der Waals surface area contributed by atoms with Crippen molar-refractivity contribution in [2.24, 2.45) is 5.92 Å². The van der Waals surface area contributed by atoms with Gasteiger partial charge >= 0.3 is 0 Å². The summed E-state index contributed by atoms with van der Waals surface area (Å²) in [4.78, 5) is 34.0. The molecule has 0 aliphatic heterocycles. The van der Waals surface area contributed by atoms with E-state index in [0.717, 1.165) is 0 Å². The fourth-order valence-electron chi connectivity index (χ4n) is 1.43. The van der Waals surface area contributed by atoms with Gasteiger partial charge < -0.3 is 0 Å². The summed E-state index contributed by atoms with van der Waals surface area (Å²) in [5.41, 5.74) is 0. The molecule has 0 atom stereocenters. The first kappa shape index (κ1) is 14.0. The Bertz CT molecular complexity index is 225. The topological polar surface area (TPSA) is 51.2 Å². The molecule has 0 saturated carbocycles. The van der Waals surface area contributed by atoms with Crippen molar-refractivity contribution in [2.45, 2.75) is 52.9 Å². The highest BCUT2D eigenvalue weighted by atomic mass is 16.1. The van der Waals surface area contributed by atoms with Crippen molar-refractivity contribution in [1.82, 2.24) is 0 Å². The Balaban J connectivity index is 4.37. The van der Waals surface area contributed by atoms with E-state index in [1.807, 2.05) is 0 Å². The highest BCUT2D eigenvalue weighted by Gasteiger charge is 2.21. The molecular weight excluding hydrogens is 192 g/mol. The number of hydrogen-bond donors (Lipinski definition) is 0. The van der Waals surface area contributed by atoms with Crippen LogP contribution in [0.3, 0.4) is 0 Å². The summed E-state index contributed by atoms with van der Waals surface area (Å²) in [5.74, 6) is -0.232. The van der Waals surface area contributed by atoms with E-state index in [1.54, 1.807) is 20.8 Å². The lowest BCUT2D eigenvalue weighted by atomic mass is 9.90. The third-order valence-corrected chi connectivity index (χ3v) is 2.54. The highest BCUT2D eigenvalue weighted by Crippen LogP contribution is 2.15. The van der Waals surface area contributed by atoms with Crippen LogP contribution in [0.25, 0.3) is 0 Å². The average molecular weight is 212 g/mol. The first-order valence-electron chi connectivity index (χ1n) is 5.61. The summed E-state index contributed by atoms with van der Waals surface area (Å²) >= 11 is 0. The lowest BCUT2D eigenvalue weighted by molar-refractivity contribution is -0.130. The van der Waals surface area contributed by atoms with E-state index in [-0.39, 0.29) is 36.1 Å². The summed E-state index contributed by atoms with van der Waals surface area (Å²) in [5, 5.41) is 0. The average Bonchev–Trinajstić information content (AvgIpc) is 2.26. The Morgan fingerprint density at radius 2 is 1.20 bits per heavy atom. The first-order chi connectivity index (χ1) is 7.04. The molecule has 86 valence electrons. The Hall–Kier alpha value is -0.990. The number of hydrogen-bond acceptors (Lipinski definition) is 3. The molecule has 0 aromatic heterocycles. The summed E-state index contributed by atoms with van der Waals surface area (Å²) in [7, 11) is 0. The predicted molar refractivity (Wildman–Crippen MR) is 58.6 cm³/mol. The second-order valence-electron chi connectivity index (χ2n) is 3.71. The van der Waals surface area contributed by atoms with Gasteiger partial charge in [-0.2, -0.15) is 0 Å². The molecule has 3 heteroatoms. The zero-order valence-electron chi connectivity index (χ0n) is 9.84. The van der Waals surface area contributed by atoms with Gasteiger partial charge in [0, 0.05) is 38.0 Å². The van der Waals surface area contributed by atoms with Crippen LogP contribution in [-0.2, 0) is 14.4 Å². The lowest BCUT2D eigenvalue weighted by Crippen LogP contribution is -2.20. The van der Waals surface area contributed by atoms with Crippen molar-refractivity contribution in [3.05, 3.63) is 0 Å². The van der Waals surface area contributed by atoms with Crippen LogP contribution in [0.4, 0.5) is 0 Å². The van der Waals surface area contributed by atoms with Crippen LogP contribution in [0.2, 0.25) is 0 Å². The number of rotatable bonds is 8. The number of carbonyl (C=O) groups is 3. The first-order valence-corrected chi connectivity index (χ1v) is 5.61. The van der Waals surface area contributed by atoms with Gasteiger partial charge in [0.05, 0.1) is 0 Å². The lowest BCUT2D eigenvalue weighted by Gasteiger charge is -2.12. The number of ketones is 3. The molecule has 0 radical (unpaired) electrons. The SMILES string of the molecule is CCC(=O)CC(CC(=O)CC)C(=O)CC. The van der Waals surface area contributed by atoms with Crippen molar-refractivity contribution in [3.8, 4) is 0 Å². The van der Waals surface area contributed by atoms with Gasteiger partial charge in [0.15, 0.2) is 0 Å². The molecule has 0 rings (SSSR count). The third kappa shape index (κ3) is 5.45. The van der Waals surface area contributed by atoms with E-state index >= 15 is 0 Å². The van der Waals surface area contributed by atoms with Crippen LogP contribution in [-0.4, -0.2) is 17.3 Å². The van der Waals surface area contributed by atoms with Crippen LogP contribution in [0, 0.1) is 5.92 Å². The molecule has 0 fully saturated rings. The zero-order chi connectivity index (χ0) is 11.8. The molecule has 0 aromatic carbocycles. The highest BCUT2D eigenvalue weighted by molar-refractivity contribution is 5.91. The minimum absolute atomic E-state index is 0.0265. The summed E-state index contributed by atoms with van der Waals surface area (Å²) < 4.78 is 0. The standard InChI is InChI=1S/C12H20O3/c1-4-10(13)7-9(12(15)6-3)8-11(14)5-2/h9H,4-8H2,1-3H3. The van der Waals surface area contributed by atoms with E-state index in [1.165, 1.54) is 0 Å². The maximum absolute atomic E-state index is 11.5. The Labute approximate surface area is 91.2 Å². The van der Waals surface area contributed by atoms with Gasteiger partial charge in [-0.3, -0.25) is 14.4 Å². The molecule has 15 heavy (non-hydrogen) atoms. The minimum atomic E-state index is -0.380. The molecule has 0 amide bonds. The molecular formula is C12H20O3. The van der Waals surface area contributed by atoms with Crippen LogP contribution >= 0.6 is 0 Å². The normalized spacial score (nSPS) is 10.4. The van der Waals surface area contributed by atoms with Crippen molar-refractivity contribution < 1.29 is 14.4 Å². The van der Waals surface area contributed by atoms with E-state index in [9.17, 15) is 14.4 Å². The van der Waals surface area contributed by atoms with Crippen molar-refractivity contribution in [1.29, 1.82) is 0 Å². The van der Waals surface area contributed by atoms with Gasteiger partial charge in [-0.15, -0.1) is 0 Å². The molecule has 3 nitrogen and oxygen atoms in total. The maximum Gasteiger partial charge on any atom is 0.136 e. The van der Waals surface area contributed by atoms with Gasteiger partial charge in [0.1, 0.15) is 17.3 Å². The van der Waals surface area contributed by atoms with Crippen molar-refractivity contribution in [3.63, 3.8) is 0 Å². The fourth-order valence-corrected chi connectivity index (χ4v) is 1.43. The van der Waals surface area contributed by atoms with Crippen LogP contribution in [0.5, 0.6) is 0 Å². The molecule has 0 bridgehead atoms. The largest absolute Gasteiger partial charge is 0.300 e. The van der Waals surface area contributed by atoms with Gasteiger partial charge in [-0.05, 0) is 0 Å². The Morgan fingerprint density at radius 3 is 1.47 bits per heavy atom. The smallest absolute Gasteiger partial charge is 0.136 e. The quantitative estimate of drug-likeness (QED) is 0.620. The molecule has 0 aromatic rings. The second-order valence-corrected chi connectivity index (χ2v) is 3.71. The Morgan fingerprint density at radius 1 is 0.800 bits per heavy atom. The van der Waals surface area contributed by atoms with Crippen molar-refractivity contribution >= 4 is 17.3 Å². The Kier molecular flexibility index (Phi) is 6.84. The molecule has 0 heterocycles. The van der Waals surface area contributed by atoms with Crippen molar-refractivity contribution in [2.75, 3.05) is 0 Å². The van der Waals surface area contributed by atoms with E-state index < -0.39 is 0 Å². The summed E-state index contributed by atoms with van der Waals surface area (Å²) in [6.45, 7) is 5.32. The predicted octanol–water partition coefficient (Wildman–Crippen LogP) is 2.32. The molecule has 0 spiro atoms. The molecule has 0 N–H and O–H groups in total. The third-order valence-electron chi connectivity index (χ3n) is 2.54. The molecule has 0 unspecified atom stereocenters. The van der Waals surface area contributed by atoms with Gasteiger partial charge in [0.2, 0.25) is 0 Å². The van der Waals surface area contributed by atoms with Crippen LogP contribution in [0.1, 0.15) is 52.9 Å². The van der Waals surface area contributed by atoms with Gasteiger partial charge in [0.25, 0.3) is 0 Å². The summed E-state index contributed by atoms with van der Waals surface area (Å²) in [6.07, 6.45) is 1.74. The maximum atomic E-state index is 11.5. The fraction of sp³-hybridized carbons (Fsp3) is 0.750. The monoisotopic (exact) mass is 212 g/mol. The molecule has 0 saturated heterocycles. The van der Waals surface area contributed by atoms with E-state index in [0.29, 0.717) is 19.3 Å². The number of Topliss-reactive ketones (excluding diaryl/α,β-unsaturated/α-hetero) is 3. The molecule has 0 aliphatic rings. The summed E-state index contributed by atoms with van der Waals surface area (Å²) in [6, 6.07) is 0. The zero-order valence-corrected chi connectivity index (χ0v) is 9.84. The van der Waals surface area contributed by atoms with Gasteiger partial charge in [-0.25, -0.2) is 0 Å². The van der Waals surface area contributed by atoms with E-state index in [2.05, 4.69) is 0 Å². The van der Waals surface area contributed by atoms with Crippen LogP contribution in [0.15, 0.2) is 0 Å². The van der Waals surface area contributed by atoms with E-state index in [4.69, 9.17) is 0 Å². The molecule has 0 aliphatic carbocycles. The second kappa shape index (κ2) is 7.32. The van der Waals surface area contributed by atoms with Gasteiger partial charge in [-0.1, -0.05) is 20.8 Å². The minimum Gasteiger partial charge on any atom is -0.300 e. The number of carbonyl (C=O) groups excluding carboxylic acids is 3.